The molecular formula is C16H20ClN3O2S2. The molecule has 1 heterocycles. The monoisotopic (exact) mass is 385 g/mol. The van der Waals surface area contributed by atoms with Gasteiger partial charge in [-0.25, -0.2) is 0 Å². The first kappa shape index (κ1) is 19.0. The molecule has 0 aliphatic heterocycles. The number of carbonyl (C=O) groups is 1. The van der Waals surface area contributed by atoms with E-state index in [1.54, 1.807) is 36.0 Å². The zero-order valence-corrected chi connectivity index (χ0v) is 16.2. The minimum absolute atomic E-state index is 0.242. The maximum atomic E-state index is 12.4. The Morgan fingerprint density at radius 1 is 1.42 bits per heavy atom. The molecule has 0 spiro atoms. The van der Waals surface area contributed by atoms with Crippen LogP contribution in [0.3, 0.4) is 0 Å². The molecule has 24 heavy (non-hydrogen) atoms. The summed E-state index contributed by atoms with van der Waals surface area (Å²) in [5.74, 6) is 1.87. The van der Waals surface area contributed by atoms with E-state index in [0.29, 0.717) is 28.2 Å². The fraction of sp³-hybridized carbons (Fsp3) is 0.438. The number of benzene rings is 1. The first-order valence-corrected chi connectivity index (χ1v) is 9.85. The molecule has 0 fully saturated rings. The first-order chi connectivity index (χ1) is 11.5. The number of hydrogen-bond donors (Lipinski definition) is 1. The zero-order valence-electron chi connectivity index (χ0n) is 13.8. The Labute approximate surface area is 155 Å². The van der Waals surface area contributed by atoms with Crippen molar-refractivity contribution in [1.29, 1.82) is 0 Å². The number of aromatic nitrogens is 2. The van der Waals surface area contributed by atoms with E-state index in [2.05, 4.69) is 29.4 Å². The minimum atomic E-state index is -0.612. The molecule has 1 aromatic carbocycles. The summed E-state index contributed by atoms with van der Waals surface area (Å²) in [6.07, 6.45) is -0.0781. The van der Waals surface area contributed by atoms with Crippen molar-refractivity contribution in [2.45, 2.75) is 37.6 Å². The van der Waals surface area contributed by atoms with Gasteiger partial charge in [-0.2, -0.15) is 0 Å². The van der Waals surface area contributed by atoms with E-state index in [9.17, 15) is 4.79 Å². The highest BCUT2D eigenvalue weighted by molar-refractivity contribution is 8.01. The van der Waals surface area contributed by atoms with Crippen LogP contribution in [0.4, 0.5) is 5.13 Å². The molecule has 1 amide bonds. The smallest absolute Gasteiger partial charge is 0.267 e. The lowest BCUT2D eigenvalue weighted by molar-refractivity contribution is -0.122. The van der Waals surface area contributed by atoms with Crippen molar-refractivity contribution in [2.75, 3.05) is 11.1 Å². The second-order valence-electron chi connectivity index (χ2n) is 5.54. The third-order valence-corrected chi connectivity index (χ3v) is 5.55. The second-order valence-corrected chi connectivity index (χ2v) is 8.22. The van der Waals surface area contributed by atoms with Crippen molar-refractivity contribution in [3.63, 3.8) is 0 Å². The number of anilines is 1. The van der Waals surface area contributed by atoms with Gasteiger partial charge in [0.15, 0.2) is 10.4 Å². The van der Waals surface area contributed by atoms with E-state index in [1.165, 1.54) is 11.3 Å². The Hall–Kier alpha value is -1.31. The molecule has 8 heteroatoms. The molecular weight excluding hydrogens is 366 g/mol. The fourth-order valence-electron chi connectivity index (χ4n) is 1.77. The number of hydrogen-bond acceptors (Lipinski definition) is 6. The van der Waals surface area contributed by atoms with Gasteiger partial charge in [0.1, 0.15) is 5.75 Å². The minimum Gasteiger partial charge on any atom is -0.481 e. The summed E-state index contributed by atoms with van der Waals surface area (Å²) in [6.45, 7) is 6.18. The van der Waals surface area contributed by atoms with Gasteiger partial charge in [-0.05, 0) is 30.5 Å². The zero-order chi connectivity index (χ0) is 17.5. The predicted molar refractivity (Wildman–Crippen MR) is 100 cm³/mol. The van der Waals surface area contributed by atoms with Gasteiger partial charge in [0, 0.05) is 10.8 Å². The fourth-order valence-corrected chi connectivity index (χ4v) is 3.68. The number of nitrogens with one attached hydrogen (secondary N) is 1. The number of thioether (sulfide) groups is 1. The number of ether oxygens (including phenoxy) is 1. The summed E-state index contributed by atoms with van der Waals surface area (Å²) < 4.78 is 6.57. The van der Waals surface area contributed by atoms with Crippen molar-refractivity contribution >= 4 is 45.7 Å². The summed E-state index contributed by atoms with van der Waals surface area (Å²) in [4.78, 5) is 12.4. The Morgan fingerprint density at radius 2 is 2.21 bits per heavy atom. The van der Waals surface area contributed by atoms with Crippen LogP contribution in [-0.4, -0.2) is 28.0 Å². The van der Waals surface area contributed by atoms with Gasteiger partial charge < -0.3 is 4.74 Å². The largest absolute Gasteiger partial charge is 0.481 e. The Morgan fingerprint density at radius 3 is 2.88 bits per heavy atom. The molecule has 0 aliphatic carbocycles. The van der Waals surface area contributed by atoms with Gasteiger partial charge in [0.05, 0.1) is 0 Å². The molecule has 1 atom stereocenters. The van der Waals surface area contributed by atoms with Crippen LogP contribution in [0.1, 0.15) is 27.2 Å². The Kier molecular flexibility index (Phi) is 7.33. The van der Waals surface area contributed by atoms with Gasteiger partial charge in [0.2, 0.25) is 5.13 Å². The van der Waals surface area contributed by atoms with Gasteiger partial charge >= 0.3 is 0 Å². The van der Waals surface area contributed by atoms with Crippen molar-refractivity contribution in [1.82, 2.24) is 10.2 Å². The van der Waals surface area contributed by atoms with Crippen LogP contribution in [-0.2, 0) is 4.79 Å². The molecule has 0 saturated heterocycles. The molecule has 5 nitrogen and oxygen atoms in total. The lowest BCUT2D eigenvalue weighted by atomic mass is 10.2. The number of rotatable bonds is 8. The van der Waals surface area contributed by atoms with Crippen LogP contribution in [0.15, 0.2) is 28.6 Å². The van der Waals surface area contributed by atoms with Crippen molar-refractivity contribution in [3.05, 3.63) is 29.3 Å². The topological polar surface area (TPSA) is 64.1 Å². The highest BCUT2D eigenvalue weighted by atomic mass is 35.5. The highest BCUT2D eigenvalue weighted by Gasteiger charge is 2.20. The maximum Gasteiger partial charge on any atom is 0.267 e. The number of nitrogens with zero attached hydrogens (tertiary/aromatic N) is 2. The Bertz CT molecular complexity index is 679. The average Bonchev–Trinajstić information content (AvgIpc) is 2.98. The van der Waals surface area contributed by atoms with Crippen LogP contribution in [0.2, 0.25) is 5.02 Å². The molecule has 0 bridgehead atoms. The van der Waals surface area contributed by atoms with Crippen molar-refractivity contribution in [3.8, 4) is 5.75 Å². The predicted octanol–water partition coefficient (Wildman–Crippen LogP) is 4.74. The Balaban J connectivity index is 1.94. The average molecular weight is 386 g/mol. The molecule has 1 N–H and O–H groups in total. The van der Waals surface area contributed by atoms with Crippen LogP contribution in [0.5, 0.6) is 5.75 Å². The van der Waals surface area contributed by atoms with E-state index in [1.807, 2.05) is 6.92 Å². The van der Waals surface area contributed by atoms with E-state index in [4.69, 9.17) is 16.3 Å². The quantitative estimate of drug-likeness (QED) is 0.525. The third-order valence-electron chi connectivity index (χ3n) is 2.91. The number of halogens is 1. The third kappa shape index (κ3) is 5.96. The summed E-state index contributed by atoms with van der Waals surface area (Å²) in [7, 11) is 0. The van der Waals surface area contributed by atoms with E-state index >= 15 is 0 Å². The summed E-state index contributed by atoms with van der Waals surface area (Å²) >= 11 is 8.95. The van der Waals surface area contributed by atoms with Gasteiger partial charge in [-0.15, -0.1) is 10.2 Å². The highest BCUT2D eigenvalue weighted by Crippen LogP contribution is 2.27. The standard InChI is InChI=1S/C16H20ClN3O2S2/c1-4-13(22-12-7-5-6-11(17)8-12)14(21)18-15-19-20-16(24-15)23-9-10(2)3/h5-8,10,13H,4,9H2,1-3H3,(H,18,19,21)/t13-/m1/s1. The van der Waals surface area contributed by atoms with Crippen molar-refractivity contribution < 1.29 is 9.53 Å². The molecule has 2 aromatic rings. The maximum absolute atomic E-state index is 12.4. The number of carbonyl (C=O) groups excluding carboxylic acids is 1. The second kappa shape index (κ2) is 9.25. The van der Waals surface area contributed by atoms with E-state index in [-0.39, 0.29) is 5.91 Å². The van der Waals surface area contributed by atoms with Crippen LogP contribution in [0, 0.1) is 5.92 Å². The first-order valence-electron chi connectivity index (χ1n) is 7.67. The van der Waals surface area contributed by atoms with Crippen LogP contribution < -0.4 is 10.1 Å². The molecule has 130 valence electrons. The number of amides is 1. The molecule has 0 aliphatic rings. The molecule has 1 aromatic heterocycles. The van der Waals surface area contributed by atoms with Crippen LogP contribution in [0.25, 0.3) is 0 Å². The molecule has 0 unspecified atom stereocenters. The summed E-state index contributed by atoms with van der Waals surface area (Å²) in [5, 5.41) is 11.9. The summed E-state index contributed by atoms with van der Waals surface area (Å²) in [5.41, 5.74) is 0. The molecule has 0 saturated carbocycles. The van der Waals surface area contributed by atoms with Crippen molar-refractivity contribution in [2.24, 2.45) is 5.92 Å². The lowest BCUT2D eigenvalue weighted by Crippen LogP contribution is -2.32. The molecule has 0 radical (unpaired) electrons. The van der Waals surface area contributed by atoms with Gasteiger partial charge in [0.25, 0.3) is 5.91 Å². The van der Waals surface area contributed by atoms with Crippen LogP contribution >= 0.6 is 34.7 Å². The van der Waals surface area contributed by atoms with E-state index in [0.717, 1.165) is 10.1 Å². The lowest BCUT2D eigenvalue weighted by Gasteiger charge is -2.16. The molecule has 2 rings (SSSR count). The van der Waals surface area contributed by atoms with Gasteiger partial charge in [-0.3, -0.25) is 10.1 Å². The SMILES string of the molecule is CC[C@@H](Oc1cccc(Cl)c1)C(=O)Nc1nnc(SCC(C)C)s1. The van der Waals surface area contributed by atoms with E-state index < -0.39 is 6.10 Å². The van der Waals surface area contributed by atoms with Gasteiger partial charge in [-0.1, -0.05) is 61.5 Å². The summed E-state index contributed by atoms with van der Waals surface area (Å²) in [6, 6.07) is 6.99. The normalized spacial score (nSPS) is 12.2.